The summed E-state index contributed by atoms with van der Waals surface area (Å²) in [5.41, 5.74) is 4.12. The van der Waals surface area contributed by atoms with Crippen molar-refractivity contribution in [3.8, 4) is 0 Å². The summed E-state index contributed by atoms with van der Waals surface area (Å²) in [6, 6.07) is 21.4. The molecule has 0 unspecified atom stereocenters. The fourth-order valence-electron chi connectivity index (χ4n) is 5.39. The highest BCUT2D eigenvalue weighted by molar-refractivity contribution is 6.30. The number of esters is 1. The largest absolute Gasteiger partial charge is 0.456 e. The molecule has 0 radical (unpaired) electrons. The summed E-state index contributed by atoms with van der Waals surface area (Å²) in [6.07, 6.45) is 1.79. The lowest BCUT2D eigenvalue weighted by Gasteiger charge is -2.33. The van der Waals surface area contributed by atoms with Crippen LogP contribution in [0.1, 0.15) is 47.8 Å². The second-order valence-corrected chi connectivity index (χ2v) is 9.95. The van der Waals surface area contributed by atoms with Crippen molar-refractivity contribution in [2.24, 2.45) is 0 Å². The number of rotatable bonds is 7. The van der Waals surface area contributed by atoms with Crippen molar-refractivity contribution in [2.75, 3.05) is 6.61 Å². The molecule has 6 nitrogen and oxygen atoms in total. The molecule has 4 aromatic carbocycles. The third kappa shape index (κ3) is 4.07. The summed E-state index contributed by atoms with van der Waals surface area (Å²) in [5, 5.41) is 2.11. The molecule has 0 bridgehead atoms. The molecule has 0 fully saturated rings. The van der Waals surface area contributed by atoms with Gasteiger partial charge in [-0.1, -0.05) is 54.1 Å². The van der Waals surface area contributed by atoms with Crippen LogP contribution in [0.4, 0.5) is 0 Å². The molecule has 2 aliphatic rings. The van der Waals surface area contributed by atoms with Gasteiger partial charge in [-0.05, 0) is 71.3 Å². The SMILES string of the molecule is O=C(COC(=O)[C@@H](Cc1ccccc1)N1C(=O)c2ccc3c4c(ccc(c24)C1=O)CC3)c1ccc(Cl)cc1. The molecule has 6 rings (SSSR count). The lowest BCUT2D eigenvalue weighted by Crippen LogP contribution is -2.52. The summed E-state index contributed by atoms with van der Waals surface area (Å²) in [6.45, 7) is -0.527. The van der Waals surface area contributed by atoms with Gasteiger partial charge < -0.3 is 4.74 Å². The van der Waals surface area contributed by atoms with E-state index < -0.39 is 36.2 Å². The summed E-state index contributed by atoms with van der Waals surface area (Å²) in [4.78, 5) is 54.7. The van der Waals surface area contributed by atoms with Crippen molar-refractivity contribution in [3.05, 3.63) is 117 Å². The van der Waals surface area contributed by atoms with E-state index in [9.17, 15) is 19.2 Å². The smallest absolute Gasteiger partial charge is 0.330 e. The van der Waals surface area contributed by atoms with E-state index in [-0.39, 0.29) is 6.42 Å². The molecule has 0 saturated carbocycles. The van der Waals surface area contributed by atoms with Crippen LogP contribution in [0, 0.1) is 0 Å². The van der Waals surface area contributed by atoms with Gasteiger partial charge in [0.15, 0.2) is 12.4 Å². The van der Waals surface area contributed by atoms with Crippen LogP contribution in [0.25, 0.3) is 10.8 Å². The Balaban J connectivity index is 1.34. The number of hydrogen-bond donors (Lipinski definition) is 0. The Hall–Kier alpha value is -4.29. The maximum absolute atomic E-state index is 13.8. The standard InChI is InChI=1S/C31H22ClNO5/c32-22-12-8-19(9-13-22)26(34)17-38-31(37)25(16-18-4-2-1-3-5-18)33-29(35)23-14-10-20-6-7-21-11-15-24(30(33)36)28(23)27(20)21/h1-5,8-15,25H,6-7,16-17H2/t25-/m1/s1. The van der Waals surface area contributed by atoms with Gasteiger partial charge in [0, 0.05) is 33.5 Å². The van der Waals surface area contributed by atoms with Gasteiger partial charge in [0.25, 0.3) is 11.8 Å². The van der Waals surface area contributed by atoms with Crippen LogP contribution < -0.4 is 0 Å². The second-order valence-electron chi connectivity index (χ2n) is 9.52. The van der Waals surface area contributed by atoms with Crippen LogP contribution >= 0.6 is 11.6 Å². The van der Waals surface area contributed by atoms with E-state index in [1.165, 1.54) is 0 Å². The normalized spacial score (nSPS) is 14.6. The minimum Gasteiger partial charge on any atom is -0.456 e. The van der Waals surface area contributed by atoms with Crippen LogP contribution in [-0.4, -0.2) is 41.1 Å². The Labute approximate surface area is 223 Å². The number of imide groups is 1. The number of ketones is 1. The van der Waals surface area contributed by atoms with Gasteiger partial charge in [-0.15, -0.1) is 0 Å². The maximum Gasteiger partial charge on any atom is 0.330 e. The quantitative estimate of drug-likeness (QED) is 0.188. The van der Waals surface area contributed by atoms with Gasteiger partial charge in [0.2, 0.25) is 0 Å². The van der Waals surface area contributed by atoms with Crippen molar-refractivity contribution in [1.82, 2.24) is 4.90 Å². The molecular weight excluding hydrogens is 502 g/mol. The second kappa shape index (κ2) is 9.54. The molecule has 0 saturated heterocycles. The van der Waals surface area contributed by atoms with Gasteiger partial charge >= 0.3 is 5.97 Å². The highest BCUT2D eigenvalue weighted by Crippen LogP contribution is 2.39. The molecule has 0 spiro atoms. The molecule has 1 aliphatic heterocycles. The minimum atomic E-state index is -1.25. The summed E-state index contributed by atoms with van der Waals surface area (Å²) < 4.78 is 5.41. The fraction of sp³-hybridized carbons (Fsp3) is 0.161. The number of halogens is 1. The number of hydrogen-bond acceptors (Lipinski definition) is 5. The van der Waals surface area contributed by atoms with Gasteiger partial charge in [-0.2, -0.15) is 0 Å². The third-order valence-electron chi connectivity index (χ3n) is 7.26. The maximum atomic E-state index is 13.8. The number of carbonyl (C=O) groups excluding carboxylic acids is 4. The molecule has 38 heavy (non-hydrogen) atoms. The first kappa shape index (κ1) is 24.1. The van der Waals surface area contributed by atoms with Gasteiger partial charge in [-0.25, -0.2) is 4.79 Å². The fourth-order valence-corrected chi connectivity index (χ4v) is 5.52. The molecule has 1 aliphatic carbocycles. The van der Waals surface area contributed by atoms with Gasteiger partial charge in [0.1, 0.15) is 6.04 Å². The van der Waals surface area contributed by atoms with Crippen LogP contribution in [0.15, 0.2) is 78.9 Å². The number of aryl methyl sites for hydroxylation is 2. The van der Waals surface area contributed by atoms with Crippen molar-refractivity contribution >= 4 is 45.9 Å². The molecule has 2 amide bonds. The minimum absolute atomic E-state index is 0.0565. The average molecular weight is 524 g/mol. The molecule has 1 atom stereocenters. The number of carbonyl (C=O) groups is 4. The Bertz CT molecular complexity index is 1570. The highest BCUT2D eigenvalue weighted by atomic mass is 35.5. The average Bonchev–Trinajstić information content (AvgIpc) is 3.36. The van der Waals surface area contributed by atoms with Crippen molar-refractivity contribution in [3.63, 3.8) is 0 Å². The van der Waals surface area contributed by atoms with Crippen molar-refractivity contribution < 1.29 is 23.9 Å². The van der Waals surface area contributed by atoms with E-state index in [4.69, 9.17) is 16.3 Å². The van der Waals surface area contributed by atoms with E-state index in [0.29, 0.717) is 27.1 Å². The van der Waals surface area contributed by atoms with E-state index in [0.717, 1.165) is 39.8 Å². The van der Waals surface area contributed by atoms with Gasteiger partial charge in [-0.3, -0.25) is 19.3 Å². The molecule has 0 aromatic heterocycles. The lowest BCUT2D eigenvalue weighted by molar-refractivity contribution is -0.147. The molecular formula is C31H22ClNO5. The van der Waals surface area contributed by atoms with E-state index in [1.54, 1.807) is 36.4 Å². The van der Waals surface area contributed by atoms with Crippen LogP contribution in [-0.2, 0) is 28.8 Å². The van der Waals surface area contributed by atoms with Crippen molar-refractivity contribution in [1.29, 1.82) is 0 Å². The van der Waals surface area contributed by atoms with Crippen LogP contribution in [0.5, 0.6) is 0 Å². The van der Waals surface area contributed by atoms with Crippen LogP contribution in [0.2, 0.25) is 5.02 Å². The number of amides is 2. The van der Waals surface area contributed by atoms with E-state index >= 15 is 0 Å². The molecule has 4 aromatic rings. The number of Topliss-reactive ketones (excluding diaryl/α,β-unsaturated/α-hetero) is 1. The predicted octanol–water partition coefficient (Wildman–Crippen LogP) is 5.23. The Morgan fingerprint density at radius 3 is 2.00 bits per heavy atom. The number of benzene rings is 4. The first-order valence-corrected chi connectivity index (χ1v) is 12.7. The van der Waals surface area contributed by atoms with Crippen LogP contribution in [0.3, 0.4) is 0 Å². The van der Waals surface area contributed by atoms with E-state index in [1.807, 2.05) is 42.5 Å². The zero-order valence-electron chi connectivity index (χ0n) is 20.3. The monoisotopic (exact) mass is 523 g/mol. The number of ether oxygens (including phenoxy) is 1. The highest BCUT2D eigenvalue weighted by Gasteiger charge is 2.42. The topological polar surface area (TPSA) is 80.8 Å². The first-order valence-electron chi connectivity index (χ1n) is 12.4. The predicted molar refractivity (Wildman–Crippen MR) is 143 cm³/mol. The number of nitrogens with zero attached hydrogens (tertiary/aromatic N) is 1. The van der Waals surface area contributed by atoms with Gasteiger partial charge in [0.05, 0.1) is 0 Å². The Morgan fingerprint density at radius 2 is 1.39 bits per heavy atom. The Morgan fingerprint density at radius 1 is 0.789 bits per heavy atom. The summed E-state index contributed by atoms with van der Waals surface area (Å²) in [7, 11) is 0. The molecule has 188 valence electrons. The first-order chi connectivity index (χ1) is 18.4. The van der Waals surface area contributed by atoms with E-state index in [2.05, 4.69) is 0 Å². The molecule has 1 heterocycles. The summed E-state index contributed by atoms with van der Waals surface area (Å²) >= 11 is 5.90. The lowest BCUT2D eigenvalue weighted by atomic mass is 9.90. The Kier molecular flexibility index (Phi) is 6.04. The molecule has 0 N–H and O–H groups in total. The molecule has 7 heteroatoms. The van der Waals surface area contributed by atoms with Crippen molar-refractivity contribution in [2.45, 2.75) is 25.3 Å². The third-order valence-corrected chi connectivity index (χ3v) is 7.51. The zero-order chi connectivity index (χ0) is 26.4. The zero-order valence-corrected chi connectivity index (χ0v) is 21.0. The summed E-state index contributed by atoms with van der Waals surface area (Å²) in [5.74, 6) is -2.33.